The molecule has 2 aromatic rings. The molecule has 0 bridgehead atoms. The zero-order valence-electron chi connectivity index (χ0n) is 11.7. The number of ether oxygens (including phenoxy) is 1. The van der Waals surface area contributed by atoms with Gasteiger partial charge in [0.1, 0.15) is 5.75 Å². The lowest BCUT2D eigenvalue weighted by Crippen LogP contribution is -2.17. The van der Waals surface area contributed by atoms with Crippen molar-refractivity contribution >= 4 is 0 Å². The second-order valence-corrected chi connectivity index (χ2v) is 4.63. The maximum atomic E-state index is 13.0. The number of aromatic nitrogens is 1. The van der Waals surface area contributed by atoms with Crippen LogP contribution in [0.4, 0.5) is 26.3 Å². The van der Waals surface area contributed by atoms with Gasteiger partial charge in [-0.15, -0.1) is 13.2 Å². The molecule has 1 aromatic carbocycles. The minimum atomic E-state index is -4.91. The Kier molecular flexibility index (Phi) is 4.68. The Bertz CT molecular complexity index is 777. The molecule has 0 aliphatic rings. The number of alkyl halides is 6. The van der Waals surface area contributed by atoms with Gasteiger partial charge in [-0.25, -0.2) is 0 Å². The number of nitrogens with zero attached hydrogens (tertiary/aromatic N) is 2. The van der Waals surface area contributed by atoms with Crippen LogP contribution in [0.3, 0.4) is 0 Å². The number of benzene rings is 1. The molecule has 0 radical (unpaired) electrons. The van der Waals surface area contributed by atoms with Gasteiger partial charge in [-0.2, -0.15) is 18.4 Å². The van der Waals surface area contributed by atoms with E-state index in [0.717, 1.165) is 24.4 Å². The highest BCUT2D eigenvalue weighted by Crippen LogP contribution is 2.35. The fraction of sp³-hybridized carbons (Fsp3) is 0.200. The third kappa shape index (κ3) is 4.38. The quantitative estimate of drug-likeness (QED) is 0.755. The van der Waals surface area contributed by atoms with E-state index in [-0.39, 0.29) is 11.1 Å². The highest BCUT2D eigenvalue weighted by Gasteiger charge is 2.34. The summed E-state index contributed by atoms with van der Waals surface area (Å²) in [5.41, 5.74) is -1.53. The standard InChI is InChI=1S/C15H8F6N2O/c16-14(17,18)12-7-10(8-23-13(12)4-5-22)9-2-1-3-11(6-9)24-15(19,20)21/h1-3,6-8H,4H2. The number of halogens is 6. The molecule has 0 aliphatic carbocycles. The average molecular weight is 346 g/mol. The Labute approximate surface area is 132 Å². The molecule has 0 atom stereocenters. The van der Waals surface area contributed by atoms with Gasteiger partial charge >= 0.3 is 12.5 Å². The fourth-order valence-electron chi connectivity index (χ4n) is 1.98. The van der Waals surface area contributed by atoms with E-state index in [4.69, 9.17) is 5.26 Å². The Morgan fingerprint density at radius 1 is 1.04 bits per heavy atom. The Morgan fingerprint density at radius 2 is 1.75 bits per heavy atom. The largest absolute Gasteiger partial charge is 0.573 e. The molecule has 126 valence electrons. The van der Waals surface area contributed by atoms with Gasteiger partial charge in [-0.05, 0) is 23.8 Å². The summed E-state index contributed by atoms with van der Waals surface area (Å²) >= 11 is 0. The second kappa shape index (κ2) is 6.39. The molecule has 2 rings (SSSR count). The van der Waals surface area contributed by atoms with Gasteiger partial charge < -0.3 is 4.74 Å². The predicted octanol–water partition coefficient (Wildman–Crippen LogP) is 4.73. The van der Waals surface area contributed by atoms with E-state index in [1.54, 1.807) is 6.07 Å². The molecule has 24 heavy (non-hydrogen) atoms. The van der Waals surface area contributed by atoms with Crippen molar-refractivity contribution in [2.45, 2.75) is 19.0 Å². The molecule has 3 nitrogen and oxygen atoms in total. The van der Waals surface area contributed by atoms with E-state index in [2.05, 4.69) is 9.72 Å². The van der Waals surface area contributed by atoms with Crippen LogP contribution in [0, 0.1) is 11.3 Å². The molecule has 9 heteroatoms. The summed E-state index contributed by atoms with van der Waals surface area (Å²) in [7, 11) is 0. The average Bonchev–Trinajstić information content (AvgIpc) is 2.45. The van der Waals surface area contributed by atoms with Crippen molar-refractivity contribution in [1.29, 1.82) is 5.26 Å². The van der Waals surface area contributed by atoms with Crippen LogP contribution >= 0.6 is 0 Å². The van der Waals surface area contributed by atoms with Gasteiger partial charge in [0.2, 0.25) is 0 Å². The van der Waals surface area contributed by atoms with E-state index < -0.39 is 36.0 Å². The van der Waals surface area contributed by atoms with Gasteiger partial charge in [0.15, 0.2) is 0 Å². The highest BCUT2D eigenvalue weighted by molar-refractivity contribution is 5.65. The number of nitriles is 1. The topological polar surface area (TPSA) is 45.9 Å². The lowest BCUT2D eigenvalue weighted by atomic mass is 10.0. The van der Waals surface area contributed by atoms with Crippen molar-refractivity contribution in [1.82, 2.24) is 4.98 Å². The molecule has 1 aromatic heterocycles. The predicted molar refractivity (Wildman–Crippen MR) is 70.7 cm³/mol. The van der Waals surface area contributed by atoms with E-state index in [0.29, 0.717) is 0 Å². The molecule has 0 saturated carbocycles. The molecule has 0 unspecified atom stereocenters. The fourth-order valence-corrected chi connectivity index (χ4v) is 1.98. The lowest BCUT2D eigenvalue weighted by molar-refractivity contribution is -0.274. The van der Waals surface area contributed by atoms with Crippen LogP contribution in [-0.4, -0.2) is 11.3 Å². The Morgan fingerprint density at radius 3 is 2.33 bits per heavy atom. The van der Waals surface area contributed by atoms with Gasteiger partial charge in [-0.3, -0.25) is 4.98 Å². The highest BCUT2D eigenvalue weighted by atomic mass is 19.4. The van der Waals surface area contributed by atoms with Crippen LogP contribution in [0.5, 0.6) is 5.75 Å². The maximum absolute atomic E-state index is 13.0. The van der Waals surface area contributed by atoms with Gasteiger partial charge in [0, 0.05) is 11.8 Å². The monoisotopic (exact) mass is 346 g/mol. The normalized spacial score (nSPS) is 11.9. The van der Waals surface area contributed by atoms with Crippen molar-refractivity contribution < 1.29 is 31.1 Å². The molecule has 0 N–H and O–H groups in total. The van der Waals surface area contributed by atoms with Gasteiger partial charge in [0.05, 0.1) is 23.7 Å². The number of hydrogen-bond acceptors (Lipinski definition) is 3. The van der Waals surface area contributed by atoms with E-state index >= 15 is 0 Å². The molecule has 1 heterocycles. The summed E-state index contributed by atoms with van der Waals surface area (Å²) in [4.78, 5) is 3.61. The van der Waals surface area contributed by atoms with Gasteiger partial charge in [-0.1, -0.05) is 12.1 Å². The first kappa shape index (κ1) is 17.6. The zero-order chi connectivity index (χ0) is 18.0. The third-order valence-corrected chi connectivity index (χ3v) is 2.92. The Hall–Kier alpha value is -2.76. The minimum Gasteiger partial charge on any atom is -0.406 e. The molecule has 0 fully saturated rings. The first-order chi connectivity index (χ1) is 11.1. The molecular weight excluding hydrogens is 338 g/mol. The summed E-state index contributed by atoms with van der Waals surface area (Å²) in [5.74, 6) is -0.560. The first-order valence-corrected chi connectivity index (χ1v) is 6.39. The van der Waals surface area contributed by atoms with E-state index in [1.807, 2.05) is 0 Å². The van der Waals surface area contributed by atoms with Crippen LogP contribution in [0.1, 0.15) is 11.3 Å². The first-order valence-electron chi connectivity index (χ1n) is 6.39. The van der Waals surface area contributed by atoms with Crippen molar-refractivity contribution in [3.63, 3.8) is 0 Å². The van der Waals surface area contributed by atoms with Crippen molar-refractivity contribution in [2.75, 3.05) is 0 Å². The summed E-state index contributed by atoms with van der Waals surface area (Å²) in [6, 6.07) is 6.84. The smallest absolute Gasteiger partial charge is 0.406 e. The maximum Gasteiger partial charge on any atom is 0.573 e. The molecule has 0 spiro atoms. The number of pyridine rings is 1. The Balaban J connectivity index is 2.46. The third-order valence-electron chi connectivity index (χ3n) is 2.92. The summed E-state index contributed by atoms with van der Waals surface area (Å²) in [5, 5.41) is 8.56. The SMILES string of the molecule is N#CCc1ncc(-c2cccc(OC(F)(F)F)c2)cc1C(F)(F)F. The number of rotatable bonds is 3. The summed E-state index contributed by atoms with van der Waals surface area (Å²) in [6.07, 6.45) is -9.12. The molecular formula is C15H8F6N2O. The van der Waals surface area contributed by atoms with E-state index in [9.17, 15) is 26.3 Å². The lowest BCUT2D eigenvalue weighted by Gasteiger charge is -2.13. The van der Waals surface area contributed by atoms with Crippen LogP contribution in [-0.2, 0) is 12.6 Å². The van der Waals surface area contributed by atoms with Crippen LogP contribution in [0.2, 0.25) is 0 Å². The van der Waals surface area contributed by atoms with E-state index in [1.165, 1.54) is 12.1 Å². The number of hydrogen-bond donors (Lipinski definition) is 0. The van der Waals surface area contributed by atoms with Crippen LogP contribution in [0.15, 0.2) is 36.5 Å². The molecule has 0 amide bonds. The van der Waals surface area contributed by atoms with Crippen LogP contribution < -0.4 is 4.74 Å². The van der Waals surface area contributed by atoms with Crippen molar-refractivity contribution in [3.8, 4) is 22.9 Å². The second-order valence-electron chi connectivity index (χ2n) is 4.63. The molecule has 0 aliphatic heterocycles. The summed E-state index contributed by atoms with van der Waals surface area (Å²) in [6.45, 7) is 0. The van der Waals surface area contributed by atoms with Gasteiger partial charge in [0.25, 0.3) is 0 Å². The minimum absolute atomic E-state index is 0.0448. The summed E-state index contributed by atoms with van der Waals surface area (Å²) < 4.78 is 79.5. The van der Waals surface area contributed by atoms with Crippen LogP contribution in [0.25, 0.3) is 11.1 Å². The van der Waals surface area contributed by atoms with Crippen molar-refractivity contribution in [2.24, 2.45) is 0 Å². The van der Waals surface area contributed by atoms with Crippen molar-refractivity contribution in [3.05, 3.63) is 47.8 Å². The molecule has 0 saturated heterocycles. The zero-order valence-corrected chi connectivity index (χ0v) is 11.7.